The van der Waals surface area contributed by atoms with Crippen LogP contribution in [0.4, 0.5) is 0 Å². The van der Waals surface area contributed by atoms with E-state index in [-0.39, 0.29) is 57.4 Å². The van der Waals surface area contributed by atoms with Gasteiger partial charge in [0.2, 0.25) is 59.1 Å². The zero-order chi connectivity index (χ0) is 61.4. The van der Waals surface area contributed by atoms with Gasteiger partial charge in [-0.25, -0.2) is 4.98 Å². The van der Waals surface area contributed by atoms with Gasteiger partial charge in [0.05, 0.1) is 24.9 Å². The van der Waals surface area contributed by atoms with Crippen LogP contribution in [0.3, 0.4) is 0 Å². The average molecular weight is 1150 g/mol. The lowest BCUT2D eigenvalue weighted by Gasteiger charge is -2.30. The molecule has 0 aliphatic heterocycles. The number of hydrogen-bond acceptors (Lipinski definition) is 15. The van der Waals surface area contributed by atoms with Crippen molar-refractivity contribution in [2.75, 3.05) is 6.54 Å². The smallest absolute Gasteiger partial charge is 0.305 e. The van der Waals surface area contributed by atoms with Crippen molar-refractivity contribution in [2.45, 2.75) is 180 Å². The standard InChI is InChI=1S/C54H85N15O13/c1-8-28(5)43(68-51(79)39(20-27(3)4)65-47(75)34(56)21-31-24-60-35-15-11-10-14-33(31)35)52(80)63-37(17-18-41(57)71)48(76)66-40(22-32-25-59-26-61-32)50(78)62-36(16-12-13-19-55)49(77)67-44(29(6)9-2)53(81)69-45(30(7)70)54(82)64-38(46(58)74)23-42(72)73/h10-11,14-15,24-30,34,36-40,43-45,60,70H,8-9,12-13,16-23,55-56H2,1-7H3,(H2,57,71)(H2,58,74)(H,59,61)(H,62,78)(H,63,80)(H,64,82)(H,65,75)(H,66,76)(H,67,77)(H,68,79)(H,69,81)(H,72,73)/t28-,29-,30+,34-,36-,37-,38-,39-,40-,43-,44-,45-/m0/s1. The summed E-state index contributed by atoms with van der Waals surface area (Å²) in [7, 11) is 0. The molecule has 2 heterocycles. The Labute approximate surface area is 476 Å². The van der Waals surface area contributed by atoms with E-state index in [0.29, 0.717) is 18.5 Å². The molecule has 10 amide bonds. The Kier molecular flexibility index (Phi) is 28.1. The highest BCUT2D eigenvalue weighted by Crippen LogP contribution is 2.20. The minimum absolute atomic E-state index is 0.0370. The van der Waals surface area contributed by atoms with Crippen LogP contribution in [0.25, 0.3) is 10.9 Å². The molecular formula is C54H85N15O13. The highest BCUT2D eigenvalue weighted by Gasteiger charge is 2.38. The first-order valence-electron chi connectivity index (χ1n) is 27.6. The average Bonchev–Trinajstić information content (AvgIpc) is 4.23. The van der Waals surface area contributed by atoms with Crippen molar-refractivity contribution in [3.05, 3.63) is 54.2 Å². The summed E-state index contributed by atoms with van der Waals surface area (Å²) in [6.45, 7) is 11.8. The lowest BCUT2D eigenvalue weighted by Crippen LogP contribution is -2.62. The van der Waals surface area contributed by atoms with Gasteiger partial charge in [-0.3, -0.25) is 52.7 Å². The second-order valence-corrected chi connectivity index (χ2v) is 21.1. The number of hydrogen-bond donors (Lipinski definition) is 16. The van der Waals surface area contributed by atoms with E-state index in [4.69, 9.17) is 22.9 Å². The summed E-state index contributed by atoms with van der Waals surface area (Å²) in [6.07, 6.45) is 2.57. The third-order valence-corrected chi connectivity index (χ3v) is 14.0. The summed E-state index contributed by atoms with van der Waals surface area (Å²) in [4.78, 5) is 158. The fraction of sp³-hybridized carbons (Fsp3) is 0.593. The number of carbonyl (C=O) groups is 11. The molecule has 0 bridgehead atoms. The minimum Gasteiger partial charge on any atom is -0.481 e. The van der Waals surface area contributed by atoms with Gasteiger partial charge < -0.3 is 85.6 Å². The summed E-state index contributed by atoms with van der Waals surface area (Å²) in [5.41, 5.74) is 25.0. The Morgan fingerprint density at radius 1 is 0.610 bits per heavy atom. The van der Waals surface area contributed by atoms with E-state index in [1.807, 2.05) is 38.1 Å². The summed E-state index contributed by atoms with van der Waals surface area (Å²) < 4.78 is 0. The molecule has 28 nitrogen and oxygen atoms in total. The number of aliphatic carboxylic acids is 1. The first-order chi connectivity index (χ1) is 38.7. The van der Waals surface area contributed by atoms with Crippen LogP contribution in [-0.2, 0) is 65.6 Å². The predicted octanol–water partition coefficient (Wildman–Crippen LogP) is -2.24. The number of aromatic amines is 2. The van der Waals surface area contributed by atoms with Crippen LogP contribution in [0, 0.1) is 17.8 Å². The number of carboxylic acids is 1. The molecule has 0 aliphatic carbocycles. The van der Waals surface area contributed by atoms with Gasteiger partial charge in [-0.15, -0.1) is 0 Å². The topological polar surface area (TPSA) is 473 Å². The normalized spacial score (nSPS) is 15.7. The van der Waals surface area contributed by atoms with Crippen molar-refractivity contribution in [3.8, 4) is 0 Å². The SMILES string of the molecule is CC[C@H](C)[C@H](NC(=O)[C@H](CC(C)C)NC(=O)[C@@H](N)Cc1c[nH]c2ccccc12)C(=O)N[C@@H](CCC(N)=O)C(=O)N[C@@H](Cc1cnc[nH]1)C(=O)N[C@@H](CCCCN)C(=O)N[C@H](C(=O)N[C@H](C(=O)N[C@@H](CC(=O)O)C(N)=O)[C@@H](C)O)[C@@H](C)CC. The Bertz CT molecular complexity index is 2650. The summed E-state index contributed by atoms with van der Waals surface area (Å²) in [6, 6.07) is -5.26. The van der Waals surface area contributed by atoms with Crippen LogP contribution >= 0.6 is 0 Å². The highest BCUT2D eigenvalue weighted by atomic mass is 16.4. The summed E-state index contributed by atoms with van der Waals surface area (Å²) >= 11 is 0. The van der Waals surface area contributed by atoms with Gasteiger partial charge >= 0.3 is 5.97 Å². The Hall–Kier alpha value is -7.98. The number of carboxylic acid groups (broad SMARTS) is 1. The maximum atomic E-state index is 14.5. The Balaban J connectivity index is 1.90. The number of aliphatic hydroxyl groups excluding tert-OH is 1. The first kappa shape index (κ1) is 68.3. The van der Waals surface area contributed by atoms with Crippen LogP contribution in [0.5, 0.6) is 0 Å². The second-order valence-electron chi connectivity index (χ2n) is 21.1. The number of amides is 10. The maximum absolute atomic E-state index is 14.5. The third kappa shape index (κ3) is 21.8. The highest BCUT2D eigenvalue weighted by molar-refractivity contribution is 5.99. The van der Waals surface area contributed by atoms with Crippen LogP contribution < -0.4 is 65.5 Å². The van der Waals surface area contributed by atoms with Crippen LogP contribution in [0.15, 0.2) is 43.0 Å². The van der Waals surface area contributed by atoms with Gasteiger partial charge in [-0.2, -0.15) is 0 Å². The number of unbranched alkanes of at least 4 members (excludes halogenated alkanes) is 1. The lowest BCUT2D eigenvalue weighted by molar-refractivity contribution is -0.141. The zero-order valence-corrected chi connectivity index (χ0v) is 47.7. The molecule has 2 aromatic heterocycles. The quantitative estimate of drug-likeness (QED) is 0.0271. The second kappa shape index (κ2) is 33.7. The fourth-order valence-corrected chi connectivity index (χ4v) is 8.78. The number of carbonyl (C=O) groups excluding carboxylic acids is 10. The number of aliphatic hydroxyl groups is 1. The number of benzene rings is 1. The number of rotatable bonds is 37. The fourth-order valence-electron chi connectivity index (χ4n) is 8.78. The molecule has 20 N–H and O–H groups in total. The molecule has 0 spiro atoms. The van der Waals surface area contributed by atoms with Gasteiger partial charge in [0, 0.05) is 41.8 Å². The van der Waals surface area contributed by atoms with Crippen molar-refractivity contribution in [1.82, 2.24) is 57.5 Å². The molecule has 454 valence electrons. The van der Waals surface area contributed by atoms with E-state index < -0.39 is 150 Å². The number of imidazole rings is 1. The molecule has 0 saturated carbocycles. The number of nitrogens with two attached hydrogens (primary N) is 4. The number of para-hydroxylation sites is 1. The minimum atomic E-state index is -1.76. The van der Waals surface area contributed by atoms with Crippen LogP contribution in [0.1, 0.15) is 118 Å². The van der Waals surface area contributed by atoms with E-state index in [9.17, 15) is 63.0 Å². The van der Waals surface area contributed by atoms with E-state index in [1.165, 1.54) is 12.5 Å². The van der Waals surface area contributed by atoms with E-state index in [0.717, 1.165) is 23.4 Å². The van der Waals surface area contributed by atoms with E-state index in [1.54, 1.807) is 33.9 Å². The molecule has 3 aromatic rings. The van der Waals surface area contributed by atoms with Crippen molar-refractivity contribution < 1.29 is 63.0 Å². The number of primary amides is 2. The van der Waals surface area contributed by atoms with Gasteiger partial charge in [-0.1, -0.05) is 72.6 Å². The van der Waals surface area contributed by atoms with Crippen molar-refractivity contribution in [2.24, 2.45) is 40.7 Å². The Morgan fingerprint density at radius 2 is 1.12 bits per heavy atom. The molecule has 0 saturated heterocycles. The molecule has 0 radical (unpaired) electrons. The Morgan fingerprint density at radius 3 is 1.67 bits per heavy atom. The van der Waals surface area contributed by atoms with E-state index in [2.05, 4.69) is 57.5 Å². The molecule has 0 aliphatic rings. The lowest BCUT2D eigenvalue weighted by atomic mass is 9.96. The molecule has 28 heteroatoms. The van der Waals surface area contributed by atoms with Gasteiger partial charge in [0.1, 0.15) is 48.3 Å². The molecule has 82 heavy (non-hydrogen) atoms. The van der Waals surface area contributed by atoms with E-state index >= 15 is 0 Å². The van der Waals surface area contributed by atoms with Gasteiger partial charge in [-0.05, 0) is 81.4 Å². The van der Waals surface area contributed by atoms with Gasteiger partial charge in [0.25, 0.3) is 0 Å². The monoisotopic (exact) mass is 1150 g/mol. The van der Waals surface area contributed by atoms with Crippen molar-refractivity contribution in [3.63, 3.8) is 0 Å². The maximum Gasteiger partial charge on any atom is 0.305 e. The molecule has 0 unspecified atom stereocenters. The summed E-state index contributed by atoms with van der Waals surface area (Å²) in [5, 5.41) is 41.1. The van der Waals surface area contributed by atoms with Crippen molar-refractivity contribution >= 4 is 75.9 Å². The van der Waals surface area contributed by atoms with Crippen molar-refractivity contribution in [1.29, 1.82) is 0 Å². The number of fused-ring (bicyclic) bond motifs is 1. The molecular weight excluding hydrogens is 1070 g/mol. The predicted molar refractivity (Wildman–Crippen MR) is 301 cm³/mol. The van der Waals surface area contributed by atoms with Crippen LogP contribution in [0.2, 0.25) is 0 Å². The number of nitrogens with zero attached hydrogens (tertiary/aromatic N) is 1. The third-order valence-electron chi connectivity index (χ3n) is 14.0. The first-order valence-corrected chi connectivity index (χ1v) is 27.6. The van der Waals surface area contributed by atoms with Crippen LogP contribution in [-0.4, -0.2) is 157 Å². The molecule has 12 atom stereocenters. The number of H-pyrrole nitrogens is 2. The number of nitrogens with one attached hydrogen (secondary N) is 10. The zero-order valence-electron chi connectivity index (χ0n) is 47.7. The number of aromatic nitrogens is 3. The molecule has 3 rings (SSSR count). The largest absolute Gasteiger partial charge is 0.481 e. The molecule has 1 aromatic carbocycles. The molecule has 0 fully saturated rings. The van der Waals surface area contributed by atoms with Gasteiger partial charge in [0.15, 0.2) is 0 Å². The summed E-state index contributed by atoms with van der Waals surface area (Å²) in [5.74, 6) is -11.8.